The van der Waals surface area contributed by atoms with E-state index in [0.29, 0.717) is 14.2 Å². The number of thiophene rings is 1. The topological polar surface area (TPSA) is 55.1 Å². The predicted molar refractivity (Wildman–Crippen MR) is 74.7 cm³/mol. The summed E-state index contributed by atoms with van der Waals surface area (Å²) >= 11 is 12.1. The number of rotatable bonds is 3. The first-order valence-corrected chi connectivity index (χ1v) is 7.03. The Morgan fingerprint density at radius 1 is 1.53 bits per heavy atom. The van der Waals surface area contributed by atoms with Crippen LogP contribution in [0.3, 0.4) is 0 Å². The van der Waals surface area contributed by atoms with Crippen LogP contribution in [0.5, 0.6) is 0 Å². The summed E-state index contributed by atoms with van der Waals surface area (Å²) in [6, 6.07) is 3.52. The van der Waals surface area contributed by atoms with Crippen LogP contribution in [0.15, 0.2) is 12.1 Å². The fourth-order valence-electron chi connectivity index (χ4n) is 2.15. The molecule has 0 saturated heterocycles. The highest BCUT2D eigenvalue weighted by molar-refractivity contribution is 7.80. The first kappa shape index (κ1) is 12.8. The molecule has 1 fully saturated rings. The van der Waals surface area contributed by atoms with Crippen LogP contribution >= 0.6 is 35.2 Å². The van der Waals surface area contributed by atoms with Crippen molar-refractivity contribution in [1.82, 2.24) is 5.32 Å². The number of nitrogens with one attached hydrogen (secondary N) is 1. The Kier molecular flexibility index (Phi) is 4.01. The monoisotopic (exact) mass is 288 g/mol. The van der Waals surface area contributed by atoms with E-state index in [1.807, 2.05) is 0 Å². The summed E-state index contributed by atoms with van der Waals surface area (Å²) in [6.07, 6.45) is 2.95. The van der Waals surface area contributed by atoms with Gasteiger partial charge in [-0.2, -0.15) is 0 Å². The first-order valence-electron chi connectivity index (χ1n) is 5.43. The molecular formula is C11H13ClN2OS2. The molecule has 0 bridgehead atoms. The molecule has 1 aromatic heterocycles. The Morgan fingerprint density at radius 3 is 2.88 bits per heavy atom. The van der Waals surface area contributed by atoms with Gasteiger partial charge in [0.05, 0.1) is 14.2 Å². The second kappa shape index (κ2) is 5.33. The number of nitrogens with two attached hydrogens (primary N) is 1. The average Bonchev–Trinajstić information content (AvgIpc) is 2.86. The van der Waals surface area contributed by atoms with Crippen molar-refractivity contribution < 1.29 is 4.79 Å². The Morgan fingerprint density at radius 2 is 2.29 bits per heavy atom. The van der Waals surface area contributed by atoms with Crippen LogP contribution in [0.2, 0.25) is 4.34 Å². The SMILES string of the molecule is NC(=S)C1CCCC1NC(=O)c1ccc(Cl)s1. The number of thiocarbonyl (C=S) groups is 1. The van der Waals surface area contributed by atoms with E-state index in [0.717, 1.165) is 19.3 Å². The molecule has 0 spiro atoms. The zero-order valence-corrected chi connectivity index (χ0v) is 11.5. The van der Waals surface area contributed by atoms with E-state index in [1.54, 1.807) is 12.1 Å². The molecule has 2 atom stereocenters. The number of carbonyl (C=O) groups excluding carboxylic acids is 1. The van der Waals surface area contributed by atoms with Crippen LogP contribution in [0.4, 0.5) is 0 Å². The second-order valence-corrected chi connectivity index (χ2v) is 6.31. The van der Waals surface area contributed by atoms with Gasteiger partial charge < -0.3 is 11.1 Å². The second-order valence-electron chi connectivity index (χ2n) is 4.12. The fraction of sp³-hybridized carbons (Fsp3) is 0.455. The molecule has 2 rings (SSSR count). The van der Waals surface area contributed by atoms with Gasteiger partial charge in [0.15, 0.2) is 0 Å². The van der Waals surface area contributed by atoms with Gasteiger partial charge in [-0.1, -0.05) is 30.2 Å². The van der Waals surface area contributed by atoms with Crippen molar-refractivity contribution in [3.05, 3.63) is 21.3 Å². The molecule has 1 amide bonds. The van der Waals surface area contributed by atoms with Crippen LogP contribution < -0.4 is 11.1 Å². The number of halogens is 1. The van der Waals surface area contributed by atoms with Gasteiger partial charge in [0.25, 0.3) is 5.91 Å². The van der Waals surface area contributed by atoms with Gasteiger partial charge in [0.1, 0.15) is 0 Å². The third-order valence-electron chi connectivity index (χ3n) is 2.99. The average molecular weight is 289 g/mol. The highest BCUT2D eigenvalue weighted by Gasteiger charge is 2.30. The third-order valence-corrected chi connectivity index (χ3v) is 4.53. The standard InChI is InChI=1S/C11H13ClN2OS2/c12-9-5-4-8(17-9)11(15)14-7-3-1-2-6(7)10(13)16/h4-7H,1-3H2,(H2,13,16)(H,14,15). The summed E-state index contributed by atoms with van der Waals surface area (Å²) in [7, 11) is 0. The Bertz CT molecular complexity index is 446. The van der Waals surface area contributed by atoms with Crippen molar-refractivity contribution in [2.45, 2.75) is 25.3 Å². The molecular weight excluding hydrogens is 276 g/mol. The molecule has 2 unspecified atom stereocenters. The minimum Gasteiger partial charge on any atom is -0.393 e. The van der Waals surface area contributed by atoms with E-state index in [-0.39, 0.29) is 17.9 Å². The van der Waals surface area contributed by atoms with Crippen molar-refractivity contribution in [3.8, 4) is 0 Å². The lowest BCUT2D eigenvalue weighted by Crippen LogP contribution is -2.41. The lowest BCUT2D eigenvalue weighted by Gasteiger charge is -2.19. The van der Waals surface area contributed by atoms with Gasteiger partial charge in [-0.25, -0.2) is 0 Å². The number of hydrogen-bond acceptors (Lipinski definition) is 3. The van der Waals surface area contributed by atoms with Crippen molar-refractivity contribution in [2.75, 3.05) is 0 Å². The van der Waals surface area contributed by atoms with Crippen LogP contribution in [0, 0.1) is 5.92 Å². The number of hydrogen-bond donors (Lipinski definition) is 2. The molecule has 1 aliphatic rings. The summed E-state index contributed by atoms with van der Waals surface area (Å²) < 4.78 is 0.618. The summed E-state index contributed by atoms with van der Waals surface area (Å²) in [5.74, 6) is 0.0411. The van der Waals surface area contributed by atoms with E-state index >= 15 is 0 Å². The third kappa shape index (κ3) is 2.97. The summed E-state index contributed by atoms with van der Waals surface area (Å²) in [4.78, 5) is 13.1. The van der Waals surface area contributed by atoms with Crippen LogP contribution in [-0.2, 0) is 0 Å². The normalized spacial score (nSPS) is 23.6. The van der Waals surface area contributed by atoms with E-state index in [1.165, 1.54) is 11.3 Å². The van der Waals surface area contributed by atoms with Gasteiger partial charge in [0.2, 0.25) is 0 Å². The molecule has 1 heterocycles. The molecule has 3 nitrogen and oxygen atoms in total. The molecule has 0 aliphatic heterocycles. The van der Waals surface area contributed by atoms with Gasteiger partial charge in [-0.05, 0) is 25.0 Å². The molecule has 17 heavy (non-hydrogen) atoms. The van der Waals surface area contributed by atoms with Gasteiger partial charge in [-0.3, -0.25) is 4.79 Å². The quantitative estimate of drug-likeness (QED) is 0.841. The van der Waals surface area contributed by atoms with Crippen molar-refractivity contribution >= 4 is 46.1 Å². The lowest BCUT2D eigenvalue weighted by atomic mass is 10.0. The largest absolute Gasteiger partial charge is 0.393 e. The molecule has 6 heteroatoms. The molecule has 0 aromatic carbocycles. The van der Waals surface area contributed by atoms with E-state index in [4.69, 9.17) is 29.6 Å². The molecule has 1 aliphatic carbocycles. The van der Waals surface area contributed by atoms with E-state index < -0.39 is 0 Å². The van der Waals surface area contributed by atoms with Crippen molar-refractivity contribution in [3.63, 3.8) is 0 Å². The summed E-state index contributed by atoms with van der Waals surface area (Å²) in [5, 5.41) is 2.99. The summed E-state index contributed by atoms with van der Waals surface area (Å²) in [5.41, 5.74) is 5.67. The zero-order chi connectivity index (χ0) is 12.4. The number of amides is 1. The van der Waals surface area contributed by atoms with E-state index in [9.17, 15) is 4.79 Å². The smallest absolute Gasteiger partial charge is 0.261 e. The Balaban J connectivity index is 2.01. The predicted octanol–water partition coefficient (Wildman–Crippen LogP) is 2.59. The molecule has 1 saturated carbocycles. The molecule has 0 radical (unpaired) electrons. The fourth-order valence-corrected chi connectivity index (χ4v) is 3.38. The first-order chi connectivity index (χ1) is 8.08. The molecule has 3 N–H and O–H groups in total. The van der Waals surface area contributed by atoms with Gasteiger partial charge >= 0.3 is 0 Å². The highest BCUT2D eigenvalue weighted by atomic mass is 35.5. The van der Waals surface area contributed by atoms with Crippen LogP contribution in [0.1, 0.15) is 28.9 Å². The minimum atomic E-state index is -0.0879. The summed E-state index contributed by atoms with van der Waals surface area (Å²) in [6.45, 7) is 0. The maximum Gasteiger partial charge on any atom is 0.261 e. The molecule has 1 aromatic rings. The Labute approximate surface area is 114 Å². The zero-order valence-electron chi connectivity index (χ0n) is 9.11. The van der Waals surface area contributed by atoms with Crippen molar-refractivity contribution in [2.24, 2.45) is 11.7 Å². The minimum absolute atomic E-state index is 0.0703. The van der Waals surface area contributed by atoms with Crippen LogP contribution in [-0.4, -0.2) is 16.9 Å². The van der Waals surface area contributed by atoms with Gasteiger partial charge in [0, 0.05) is 12.0 Å². The van der Waals surface area contributed by atoms with Gasteiger partial charge in [-0.15, -0.1) is 11.3 Å². The maximum absolute atomic E-state index is 11.9. The highest BCUT2D eigenvalue weighted by Crippen LogP contribution is 2.27. The lowest BCUT2D eigenvalue weighted by molar-refractivity contribution is 0.0938. The van der Waals surface area contributed by atoms with E-state index in [2.05, 4.69) is 5.32 Å². The maximum atomic E-state index is 11.9. The van der Waals surface area contributed by atoms with Crippen molar-refractivity contribution in [1.29, 1.82) is 0 Å². The van der Waals surface area contributed by atoms with Crippen LogP contribution in [0.25, 0.3) is 0 Å². The number of carbonyl (C=O) groups is 1. The Hall–Kier alpha value is -0.650. The molecule has 92 valence electrons.